The average Bonchev–Trinajstić information content (AvgIpc) is 2.60. The summed E-state index contributed by atoms with van der Waals surface area (Å²) >= 11 is 13.1. The molecular formula is C20H16Cl2O2. The molecule has 0 spiro atoms. The molecule has 3 aromatic carbocycles. The van der Waals surface area contributed by atoms with Crippen LogP contribution in [0.2, 0.25) is 10.0 Å². The molecule has 0 fully saturated rings. The third-order valence-corrected chi connectivity index (χ3v) is 4.68. The van der Waals surface area contributed by atoms with E-state index in [1.807, 2.05) is 30.3 Å². The Kier molecular flexibility index (Phi) is 5.10. The summed E-state index contributed by atoms with van der Waals surface area (Å²) in [7, 11) is 0. The largest absolute Gasteiger partial charge is 0.508 e. The van der Waals surface area contributed by atoms with Crippen LogP contribution in [0.5, 0.6) is 5.75 Å². The van der Waals surface area contributed by atoms with Crippen molar-refractivity contribution in [1.82, 2.24) is 0 Å². The number of rotatable bonds is 4. The van der Waals surface area contributed by atoms with Crippen LogP contribution in [0.3, 0.4) is 0 Å². The molecule has 0 amide bonds. The van der Waals surface area contributed by atoms with Crippen molar-refractivity contribution in [3.8, 4) is 16.9 Å². The van der Waals surface area contributed by atoms with Crippen LogP contribution in [0.4, 0.5) is 0 Å². The van der Waals surface area contributed by atoms with Gasteiger partial charge in [-0.3, -0.25) is 0 Å². The molecule has 0 saturated heterocycles. The summed E-state index contributed by atoms with van der Waals surface area (Å²) in [6.07, 6.45) is 0.609. The van der Waals surface area contributed by atoms with Crippen LogP contribution in [-0.2, 0) is 13.0 Å². The zero-order chi connectivity index (χ0) is 17.1. The maximum absolute atomic E-state index is 9.69. The molecule has 122 valence electrons. The van der Waals surface area contributed by atoms with E-state index in [0.717, 1.165) is 22.3 Å². The lowest BCUT2D eigenvalue weighted by atomic mass is 9.94. The van der Waals surface area contributed by atoms with Crippen LogP contribution in [0.25, 0.3) is 11.1 Å². The second kappa shape index (κ2) is 7.27. The first-order valence-electron chi connectivity index (χ1n) is 7.54. The van der Waals surface area contributed by atoms with Gasteiger partial charge in [-0.2, -0.15) is 0 Å². The predicted molar refractivity (Wildman–Crippen MR) is 98.7 cm³/mol. The van der Waals surface area contributed by atoms with Gasteiger partial charge in [-0.25, -0.2) is 0 Å². The number of benzene rings is 3. The number of phenols is 1. The highest BCUT2D eigenvalue weighted by atomic mass is 35.5. The van der Waals surface area contributed by atoms with Crippen molar-refractivity contribution in [3.05, 3.63) is 87.4 Å². The number of aliphatic hydroxyl groups excluding tert-OH is 1. The fraction of sp³-hybridized carbons (Fsp3) is 0.100. The van der Waals surface area contributed by atoms with Crippen molar-refractivity contribution >= 4 is 23.2 Å². The number of phenolic OH excluding ortho intramolecular Hbond substituents is 1. The molecule has 0 bridgehead atoms. The van der Waals surface area contributed by atoms with Gasteiger partial charge in [0.1, 0.15) is 5.75 Å². The lowest BCUT2D eigenvalue weighted by Gasteiger charge is -2.16. The minimum atomic E-state index is -0.128. The first-order chi connectivity index (χ1) is 11.6. The smallest absolute Gasteiger partial charge is 0.115 e. The Labute approximate surface area is 150 Å². The third-order valence-electron chi connectivity index (χ3n) is 3.96. The third kappa shape index (κ3) is 3.41. The first-order valence-corrected chi connectivity index (χ1v) is 8.29. The lowest BCUT2D eigenvalue weighted by molar-refractivity contribution is 0.281. The van der Waals surface area contributed by atoms with Crippen molar-refractivity contribution < 1.29 is 10.2 Å². The number of aliphatic hydroxyl groups is 1. The summed E-state index contributed by atoms with van der Waals surface area (Å²) in [6.45, 7) is -0.128. The number of hydrogen-bond acceptors (Lipinski definition) is 2. The first kappa shape index (κ1) is 16.8. The molecule has 3 rings (SSSR count). The number of hydrogen-bond donors (Lipinski definition) is 2. The summed E-state index contributed by atoms with van der Waals surface area (Å²) in [6, 6.07) is 18.4. The summed E-state index contributed by atoms with van der Waals surface area (Å²) in [5.74, 6) is 0.183. The molecule has 0 aliphatic heterocycles. The Balaban J connectivity index is 2.14. The van der Waals surface area contributed by atoms with Gasteiger partial charge in [0.05, 0.1) is 16.7 Å². The van der Waals surface area contributed by atoms with E-state index in [1.54, 1.807) is 30.3 Å². The van der Waals surface area contributed by atoms with Gasteiger partial charge < -0.3 is 10.2 Å². The van der Waals surface area contributed by atoms with Gasteiger partial charge in [0.2, 0.25) is 0 Å². The van der Waals surface area contributed by atoms with E-state index in [0.29, 0.717) is 22.0 Å². The van der Waals surface area contributed by atoms with E-state index in [9.17, 15) is 10.2 Å². The van der Waals surface area contributed by atoms with E-state index in [1.165, 1.54) is 0 Å². The quantitative estimate of drug-likeness (QED) is 0.650. The highest BCUT2D eigenvalue weighted by molar-refractivity contribution is 6.39. The minimum absolute atomic E-state index is 0.128. The van der Waals surface area contributed by atoms with Gasteiger partial charge in [0.15, 0.2) is 0 Å². The molecule has 0 saturated carbocycles. The van der Waals surface area contributed by atoms with Gasteiger partial charge in [0.25, 0.3) is 0 Å². The van der Waals surface area contributed by atoms with Crippen molar-refractivity contribution in [2.75, 3.05) is 0 Å². The molecule has 4 heteroatoms. The van der Waals surface area contributed by atoms with Crippen LogP contribution in [0.1, 0.15) is 16.7 Å². The summed E-state index contributed by atoms with van der Waals surface area (Å²) in [5, 5.41) is 20.2. The maximum atomic E-state index is 9.69. The van der Waals surface area contributed by atoms with E-state index >= 15 is 0 Å². The Hall–Kier alpha value is -2.00. The van der Waals surface area contributed by atoms with Gasteiger partial charge in [-0.1, -0.05) is 65.7 Å². The molecule has 0 heterocycles. The van der Waals surface area contributed by atoms with Crippen molar-refractivity contribution in [2.24, 2.45) is 0 Å². The molecular weight excluding hydrogens is 343 g/mol. The van der Waals surface area contributed by atoms with Gasteiger partial charge in [-0.15, -0.1) is 0 Å². The highest BCUT2D eigenvalue weighted by Crippen LogP contribution is 2.40. The lowest BCUT2D eigenvalue weighted by Crippen LogP contribution is -2.00. The molecule has 0 aliphatic carbocycles. The van der Waals surface area contributed by atoms with Crippen LogP contribution < -0.4 is 0 Å². The Morgan fingerprint density at radius 3 is 2.17 bits per heavy atom. The molecule has 2 N–H and O–H groups in total. The molecule has 2 nitrogen and oxygen atoms in total. The van der Waals surface area contributed by atoms with E-state index in [-0.39, 0.29) is 12.4 Å². The zero-order valence-corrected chi connectivity index (χ0v) is 14.3. The number of halogens is 2. The van der Waals surface area contributed by atoms with Gasteiger partial charge in [-0.05, 0) is 46.9 Å². The Bertz CT molecular complexity index is 844. The monoisotopic (exact) mass is 358 g/mol. The van der Waals surface area contributed by atoms with Crippen LogP contribution in [0, 0.1) is 0 Å². The summed E-state index contributed by atoms with van der Waals surface area (Å²) < 4.78 is 0. The molecule has 0 radical (unpaired) electrons. The summed E-state index contributed by atoms with van der Waals surface area (Å²) in [4.78, 5) is 0. The van der Waals surface area contributed by atoms with Crippen LogP contribution in [0.15, 0.2) is 60.7 Å². The fourth-order valence-corrected chi connectivity index (χ4v) is 3.52. The second-order valence-electron chi connectivity index (χ2n) is 5.55. The SMILES string of the molecule is OCc1cc(Cl)c(-c2ccc(O)cc2)c(Cl)c1Cc1ccccc1. The van der Waals surface area contributed by atoms with E-state index in [4.69, 9.17) is 23.2 Å². The standard InChI is InChI=1S/C20H16Cl2O2/c21-18-11-15(12-23)17(10-13-4-2-1-3-5-13)20(22)19(18)14-6-8-16(24)9-7-14/h1-9,11,23-24H,10,12H2. The van der Waals surface area contributed by atoms with E-state index < -0.39 is 0 Å². The predicted octanol–water partition coefficient (Wildman–Crippen LogP) is 5.45. The van der Waals surface area contributed by atoms with Crippen LogP contribution >= 0.6 is 23.2 Å². The fourth-order valence-electron chi connectivity index (χ4n) is 2.73. The molecule has 0 atom stereocenters. The van der Waals surface area contributed by atoms with Crippen molar-refractivity contribution in [1.29, 1.82) is 0 Å². The highest BCUT2D eigenvalue weighted by Gasteiger charge is 2.17. The molecule has 0 aliphatic rings. The number of aromatic hydroxyl groups is 1. The minimum Gasteiger partial charge on any atom is -0.508 e. The zero-order valence-electron chi connectivity index (χ0n) is 12.8. The molecule has 24 heavy (non-hydrogen) atoms. The van der Waals surface area contributed by atoms with Gasteiger partial charge in [0, 0.05) is 5.56 Å². The van der Waals surface area contributed by atoms with Gasteiger partial charge >= 0.3 is 0 Å². The second-order valence-corrected chi connectivity index (χ2v) is 6.34. The van der Waals surface area contributed by atoms with Crippen molar-refractivity contribution in [3.63, 3.8) is 0 Å². The Morgan fingerprint density at radius 1 is 0.875 bits per heavy atom. The topological polar surface area (TPSA) is 40.5 Å². The normalized spacial score (nSPS) is 10.8. The molecule has 0 aromatic heterocycles. The van der Waals surface area contributed by atoms with Crippen LogP contribution in [-0.4, -0.2) is 10.2 Å². The molecule has 3 aromatic rings. The molecule has 0 unspecified atom stereocenters. The summed E-state index contributed by atoms with van der Waals surface area (Å²) in [5.41, 5.74) is 4.21. The van der Waals surface area contributed by atoms with Crippen molar-refractivity contribution in [2.45, 2.75) is 13.0 Å². The maximum Gasteiger partial charge on any atom is 0.115 e. The Morgan fingerprint density at radius 2 is 1.54 bits per heavy atom. The van der Waals surface area contributed by atoms with E-state index in [2.05, 4.69) is 0 Å². The average molecular weight is 359 g/mol.